The van der Waals surface area contributed by atoms with Gasteiger partial charge in [-0.05, 0) is 85.5 Å². The smallest absolute Gasteiger partial charge is 0.251 e. The monoisotopic (exact) mass is 999 g/mol. The summed E-state index contributed by atoms with van der Waals surface area (Å²) in [6.45, 7) is 54.3. The second-order valence-corrected chi connectivity index (χ2v) is 38.8. The highest BCUT2D eigenvalue weighted by Gasteiger charge is 2.46. The lowest BCUT2D eigenvalue weighted by molar-refractivity contribution is -0.342. The molecule has 0 heterocycles. The molecule has 0 rings (SSSR count). The van der Waals surface area contributed by atoms with Crippen molar-refractivity contribution >= 4 is 30.9 Å². The number of nitrogens with zero attached hydrogens (tertiary/aromatic N) is 1. The number of amides is 1. The maximum atomic E-state index is 13.4. The fourth-order valence-electron chi connectivity index (χ4n) is 7.90. The molecule has 0 spiro atoms. The molecule has 0 aliphatic carbocycles. The number of allylic oxidation sites excluding steroid dienone is 3. The van der Waals surface area contributed by atoms with Gasteiger partial charge in [-0.15, -0.1) is 0 Å². The Balaban J connectivity index is 6.92. The van der Waals surface area contributed by atoms with Crippen molar-refractivity contribution in [3.05, 3.63) is 48.6 Å². The topological polar surface area (TPSA) is 142 Å². The van der Waals surface area contributed by atoms with Gasteiger partial charge in [0.25, 0.3) is 5.91 Å². The summed E-state index contributed by atoms with van der Waals surface area (Å²) in [4.78, 5) is 30.1. The van der Waals surface area contributed by atoms with Gasteiger partial charge in [0.05, 0.1) is 43.5 Å². The first-order valence-corrected chi connectivity index (χ1v) is 33.8. The molecule has 394 valence electrons. The summed E-state index contributed by atoms with van der Waals surface area (Å²) in [7, 11) is -3.79. The van der Waals surface area contributed by atoms with Gasteiger partial charge in [-0.25, -0.2) is 14.8 Å². The van der Waals surface area contributed by atoms with Crippen LogP contribution in [0.25, 0.3) is 0 Å². The van der Waals surface area contributed by atoms with Gasteiger partial charge >= 0.3 is 0 Å². The maximum Gasteiger partial charge on any atom is 0.251 e. The van der Waals surface area contributed by atoms with Crippen molar-refractivity contribution < 1.29 is 42.9 Å². The van der Waals surface area contributed by atoms with Crippen molar-refractivity contribution in [2.75, 3.05) is 20.9 Å². The molecule has 0 aliphatic rings. The standard InChI is InChI=1S/C53H106N2O9Si3/c1-27-28-29-37(3)47(61-60-35-54)42(8)48(63-66(23,24)52(13,14)15)40(6)33-36(2)32-39(5)46(62-65(21,22)51(10,11)12)38(4)30-31-44(56)34-45(57)41(7)49(43(9)50(58)55(19)59-20)64-67(25,26)53(16,17)18/h27-32,37-49,56-57H,1,33-35,54H2,2-26H3/t37?,38-,39?,40-,41?,42+,43?,44+,45-,46-,47-,48+,49-/m0/s1. The van der Waals surface area contributed by atoms with Gasteiger partial charge in [-0.3, -0.25) is 9.63 Å². The molecular weight excluding hydrogens is 893 g/mol. The van der Waals surface area contributed by atoms with E-state index in [0.717, 1.165) is 6.42 Å². The van der Waals surface area contributed by atoms with E-state index in [2.05, 4.69) is 162 Å². The molecule has 0 aromatic carbocycles. The lowest BCUT2D eigenvalue weighted by Crippen LogP contribution is -2.52. The van der Waals surface area contributed by atoms with E-state index in [1.54, 1.807) is 19.2 Å². The van der Waals surface area contributed by atoms with E-state index < -0.39 is 55.1 Å². The highest BCUT2D eigenvalue weighted by molar-refractivity contribution is 6.75. The summed E-state index contributed by atoms with van der Waals surface area (Å²) < 4.78 is 21.5. The minimum atomic E-state index is -2.36. The van der Waals surface area contributed by atoms with Crippen LogP contribution >= 0.6 is 0 Å². The number of hydrogen-bond donors (Lipinski definition) is 3. The minimum Gasteiger partial charge on any atom is -0.413 e. The summed E-state index contributed by atoms with van der Waals surface area (Å²) in [6.07, 6.45) is 9.85. The Morgan fingerprint density at radius 3 is 1.57 bits per heavy atom. The average molecular weight is 1000 g/mol. The van der Waals surface area contributed by atoms with Gasteiger partial charge in [-0.1, -0.05) is 159 Å². The van der Waals surface area contributed by atoms with E-state index in [4.69, 9.17) is 33.6 Å². The van der Waals surface area contributed by atoms with Crippen molar-refractivity contribution in [1.82, 2.24) is 5.06 Å². The summed E-state index contributed by atoms with van der Waals surface area (Å²) in [5.74, 6) is -1.16. The number of hydrogen-bond acceptors (Lipinski definition) is 10. The predicted molar refractivity (Wildman–Crippen MR) is 289 cm³/mol. The number of aliphatic hydroxyl groups is 2. The first-order chi connectivity index (χ1) is 30.2. The summed E-state index contributed by atoms with van der Waals surface area (Å²) >= 11 is 0. The van der Waals surface area contributed by atoms with Crippen LogP contribution in [0.1, 0.15) is 131 Å². The Kier molecular flexibility index (Phi) is 27.0. The van der Waals surface area contributed by atoms with Gasteiger partial charge in [0.2, 0.25) is 0 Å². The zero-order valence-corrected chi connectivity index (χ0v) is 50.6. The number of rotatable bonds is 29. The lowest BCUT2D eigenvalue weighted by atomic mass is 9.81. The molecule has 0 saturated carbocycles. The van der Waals surface area contributed by atoms with E-state index >= 15 is 0 Å². The molecule has 1 amide bonds. The van der Waals surface area contributed by atoms with Gasteiger partial charge in [0, 0.05) is 31.2 Å². The molecule has 13 atom stereocenters. The Morgan fingerprint density at radius 1 is 0.687 bits per heavy atom. The fourth-order valence-corrected chi connectivity index (χ4v) is 12.3. The largest absolute Gasteiger partial charge is 0.413 e. The van der Waals surface area contributed by atoms with Gasteiger partial charge in [0.15, 0.2) is 25.0 Å². The number of hydroxylamine groups is 2. The third-order valence-electron chi connectivity index (χ3n) is 15.6. The Labute approximate surface area is 415 Å². The van der Waals surface area contributed by atoms with Crippen molar-refractivity contribution in [2.24, 2.45) is 47.2 Å². The Morgan fingerprint density at radius 2 is 1.13 bits per heavy atom. The van der Waals surface area contributed by atoms with Crippen LogP contribution in [-0.2, 0) is 32.7 Å². The second-order valence-electron chi connectivity index (χ2n) is 24.5. The van der Waals surface area contributed by atoms with Crippen LogP contribution < -0.4 is 5.73 Å². The molecule has 0 aromatic heterocycles. The second kappa shape index (κ2) is 27.5. The molecule has 11 nitrogen and oxygen atoms in total. The van der Waals surface area contributed by atoms with Crippen LogP contribution in [0.4, 0.5) is 0 Å². The Hall–Kier alpha value is -1.28. The Bertz CT molecular complexity index is 1560. The highest BCUT2D eigenvalue weighted by atomic mass is 28.4. The van der Waals surface area contributed by atoms with Crippen molar-refractivity contribution in [2.45, 2.75) is 222 Å². The summed E-state index contributed by atoms with van der Waals surface area (Å²) in [5, 5.41) is 24.3. The van der Waals surface area contributed by atoms with Crippen LogP contribution in [-0.4, -0.2) is 104 Å². The SMILES string of the molecule is C=CC=CC(C)[C@H](OOCN)[C@@H](C)[C@H](O[Si](C)(C)C(C)(C)C)[C@@H](C)CC(C)=CC(C)[C@@H](O[Si](C)(C)C(C)(C)C)[C@@H](C)C=C[C@@H](O)C[C@H](O)C(C)[C@H](O[Si](C)(C)C(C)(C)C)C(C)C(=O)N(C)OC. The summed E-state index contributed by atoms with van der Waals surface area (Å²) in [5.41, 5.74) is 7.01. The number of aliphatic hydroxyl groups excluding tert-OH is 2. The first-order valence-electron chi connectivity index (χ1n) is 25.1. The molecule has 0 aromatic rings. The fraction of sp³-hybridized carbons (Fsp3) is 0.830. The zero-order valence-electron chi connectivity index (χ0n) is 47.6. The molecule has 4 N–H and O–H groups in total. The summed E-state index contributed by atoms with van der Waals surface area (Å²) in [6, 6.07) is 0. The lowest BCUT2D eigenvalue weighted by Gasteiger charge is -2.44. The van der Waals surface area contributed by atoms with E-state index in [1.807, 2.05) is 26.0 Å². The minimum absolute atomic E-state index is 0.00630. The van der Waals surface area contributed by atoms with Crippen LogP contribution in [0.15, 0.2) is 48.6 Å². The molecule has 0 radical (unpaired) electrons. The molecule has 14 heteroatoms. The third kappa shape index (κ3) is 20.4. The van der Waals surface area contributed by atoms with E-state index in [0.29, 0.717) is 0 Å². The van der Waals surface area contributed by atoms with Crippen LogP contribution in [0.3, 0.4) is 0 Å². The molecule has 0 saturated heterocycles. The normalized spacial score (nSPS) is 20.1. The van der Waals surface area contributed by atoms with Gasteiger partial charge in [-0.2, -0.15) is 0 Å². The quantitative estimate of drug-likeness (QED) is 0.0166. The molecule has 0 fully saturated rings. The van der Waals surface area contributed by atoms with Gasteiger partial charge in [0.1, 0.15) is 12.8 Å². The number of carbonyl (C=O) groups is 1. The molecule has 4 unspecified atom stereocenters. The van der Waals surface area contributed by atoms with Crippen LogP contribution in [0.2, 0.25) is 54.4 Å². The average Bonchev–Trinajstić information content (AvgIpc) is 3.19. The number of carbonyl (C=O) groups excluding carboxylic acids is 1. The van der Waals surface area contributed by atoms with Crippen molar-refractivity contribution in [1.29, 1.82) is 0 Å². The molecular formula is C53H106N2O9Si3. The van der Waals surface area contributed by atoms with Crippen molar-refractivity contribution in [3.63, 3.8) is 0 Å². The highest BCUT2D eigenvalue weighted by Crippen LogP contribution is 2.43. The van der Waals surface area contributed by atoms with Crippen molar-refractivity contribution in [3.8, 4) is 0 Å². The molecule has 0 aliphatic heterocycles. The molecule has 67 heavy (non-hydrogen) atoms. The molecule has 0 bridgehead atoms. The zero-order chi connectivity index (χ0) is 52.8. The van der Waals surface area contributed by atoms with Crippen LogP contribution in [0.5, 0.6) is 0 Å². The predicted octanol–water partition coefficient (Wildman–Crippen LogP) is 12.6. The van der Waals surface area contributed by atoms with Crippen LogP contribution in [0, 0.1) is 41.4 Å². The van der Waals surface area contributed by atoms with Gasteiger partial charge < -0.3 is 29.2 Å². The van der Waals surface area contributed by atoms with E-state index in [-0.39, 0.29) is 82.1 Å². The maximum absolute atomic E-state index is 13.4. The van der Waals surface area contributed by atoms with E-state index in [1.165, 1.54) is 17.7 Å². The number of nitrogens with two attached hydrogens (primary N) is 1. The first kappa shape index (κ1) is 65.7. The third-order valence-corrected chi connectivity index (χ3v) is 29.0. The van der Waals surface area contributed by atoms with E-state index in [9.17, 15) is 15.0 Å².